The quantitative estimate of drug-likeness (QED) is 0.840. The lowest BCUT2D eigenvalue weighted by molar-refractivity contribution is 0.283. The standard InChI is InChI=1S/C11H11IOS/c1-2-7-4-3-5-8-9(6-13)11(12)14-10(7)8/h3-5,13H,2,6H2,1H3. The van der Waals surface area contributed by atoms with Crippen molar-refractivity contribution in [2.75, 3.05) is 0 Å². The Labute approximate surface area is 101 Å². The molecule has 1 aromatic heterocycles. The van der Waals surface area contributed by atoms with Gasteiger partial charge in [0.25, 0.3) is 0 Å². The van der Waals surface area contributed by atoms with E-state index in [1.807, 2.05) is 0 Å². The van der Waals surface area contributed by atoms with Crippen LogP contribution in [0.2, 0.25) is 0 Å². The second-order valence-electron chi connectivity index (χ2n) is 3.16. The summed E-state index contributed by atoms with van der Waals surface area (Å²) in [6, 6.07) is 6.33. The number of rotatable bonds is 2. The van der Waals surface area contributed by atoms with E-state index in [0.717, 1.165) is 12.0 Å². The molecule has 0 spiro atoms. The highest BCUT2D eigenvalue weighted by molar-refractivity contribution is 14.1. The smallest absolute Gasteiger partial charge is 0.0721 e. The molecule has 0 radical (unpaired) electrons. The van der Waals surface area contributed by atoms with E-state index in [1.165, 1.54) is 18.5 Å². The molecule has 2 rings (SSSR count). The topological polar surface area (TPSA) is 20.2 Å². The van der Waals surface area contributed by atoms with Crippen LogP contribution in [0.5, 0.6) is 0 Å². The predicted molar refractivity (Wildman–Crippen MR) is 69.8 cm³/mol. The summed E-state index contributed by atoms with van der Waals surface area (Å²) in [4.78, 5) is 0. The molecule has 0 saturated heterocycles. The Hall–Kier alpha value is -0.130. The molecule has 0 aliphatic carbocycles. The molecular weight excluding hydrogens is 307 g/mol. The van der Waals surface area contributed by atoms with Gasteiger partial charge in [-0.2, -0.15) is 0 Å². The zero-order valence-corrected chi connectivity index (χ0v) is 10.9. The fourth-order valence-electron chi connectivity index (χ4n) is 1.63. The highest BCUT2D eigenvalue weighted by Crippen LogP contribution is 2.34. The van der Waals surface area contributed by atoms with E-state index in [9.17, 15) is 5.11 Å². The molecule has 0 saturated carbocycles. The van der Waals surface area contributed by atoms with Gasteiger partial charge in [0.1, 0.15) is 0 Å². The molecule has 1 aromatic carbocycles. The summed E-state index contributed by atoms with van der Waals surface area (Å²) in [5.41, 5.74) is 2.46. The highest BCUT2D eigenvalue weighted by Gasteiger charge is 2.10. The fraction of sp³-hybridized carbons (Fsp3) is 0.273. The van der Waals surface area contributed by atoms with Gasteiger partial charge in [-0.25, -0.2) is 0 Å². The Morgan fingerprint density at radius 2 is 2.21 bits per heavy atom. The van der Waals surface area contributed by atoms with Crippen molar-refractivity contribution in [2.45, 2.75) is 20.0 Å². The Bertz CT molecular complexity index is 462. The number of fused-ring (bicyclic) bond motifs is 1. The first kappa shape index (κ1) is 10.4. The van der Waals surface area contributed by atoms with E-state index in [4.69, 9.17) is 0 Å². The molecule has 0 bridgehead atoms. The SMILES string of the molecule is CCc1cccc2c(CO)c(I)sc12. The average Bonchev–Trinajstić information content (AvgIpc) is 2.52. The first-order chi connectivity index (χ1) is 6.77. The number of aryl methyl sites for hydroxylation is 1. The molecule has 3 heteroatoms. The van der Waals surface area contributed by atoms with Gasteiger partial charge in [-0.05, 0) is 40.0 Å². The van der Waals surface area contributed by atoms with E-state index in [1.54, 1.807) is 11.3 Å². The van der Waals surface area contributed by atoms with Crippen LogP contribution in [0.1, 0.15) is 18.1 Å². The van der Waals surface area contributed by atoms with Gasteiger partial charge in [0, 0.05) is 10.3 Å². The first-order valence-electron chi connectivity index (χ1n) is 4.57. The van der Waals surface area contributed by atoms with Gasteiger partial charge >= 0.3 is 0 Å². The Balaban J connectivity index is 2.79. The minimum Gasteiger partial charge on any atom is -0.392 e. The van der Waals surface area contributed by atoms with Crippen LogP contribution < -0.4 is 0 Å². The van der Waals surface area contributed by atoms with Gasteiger partial charge in [0.15, 0.2) is 0 Å². The van der Waals surface area contributed by atoms with Gasteiger partial charge in [-0.3, -0.25) is 0 Å². The summed E-state index contributed by atoms with van der Waals surface area (Å²) in [6.07, 6.45) is 1.05. The summed E-state index contributed by atoms with van der Waals surface area (Å²) in [7, 11) is 0. The Morgan fingerprint density at radius 3 is 2.86 bits per heavy atom. The van der Waals surface area contributed by atoms with Crippen molar-refractivity contribution in [2.24, 2.45) is 0 Å². The van der Waals surface area contributed by atoms with E-state index in [-0.39, 0.29) is 6.61 Å². The van der Waals surface area contributed by atoms with Crippen molar-refractivity contribution >= 4 is 44.0 Å². The van der Waals surface area contributed by atoms with E-state index in [0.29, 0.717) is 0 Å². The van der Waals surface area contributed by atoms with Crippen LogP contribution in [0.15, 0.2) is 18.2 Å². The van der Waals surface area contributed by atoms with Crippen molar-refractivity contribution < 1.29 is 5.11 Å². The average molecular weight is 318 g/mol. The Morgan fingerprint density at radius 1 is 1.43 bits per heavy atom. The van der Waals surface area contributed by atoms with E-state index in [2.05, 4.69) is 47.7 Å². The molecule has 2 aromatic rings. The second kappa shape index (κ2) is 4.16. The second-order valence-corrected chi connectivity index (χ2v) is 5.99. The fourth-order valence-corrected chi connectivity index (χ4v) is 3.87. The number of aliphatic hydroxyl groups excluding tert-OH is 1. The van der Waals surface area contributed by atoms with Crippen LogP contribution in [0, 0.1) is 2.88 Å². The van der Waals surface area contributed by atoms with Crippen LogP contribution in [-0.4, -0.2) is 5.11 Å². The highest BCUT2D eigenvalue weighted by atomic mass is 127. The third kappa shape index (κ3) is 1.57. The first-order valence-corrected chi connectivity index (χ1v) is 6.47. The normalized spacial score (nSPS) is 11.1. The van der Waals surface area contributed by atoms with E-state index >= 15 is 0 Å². The molecule has 14 heavy (non-hydrogen) atoms. The van der Waals surface area contributed by atoms with Gasteiger partial charge in [-0.1, -0.05) is 25.1 Å². The zero-order valence-electron chi connectivity index (χ0n) is 7.88. The van der Waals surface area contributed by atoms with Gasteiger partial charge in [-0.15, -0.1) is 11.3 Å². The number of thiophene rings is 1. The van der Waals surface area contributed by atoms with E-state index < -0.39 is 0 Å². The largest absolute Gasteiger partial charge is 0.392 e. The van der Waals surface area contributed by atoms with Crippen molar-refractivity contribution in [1.82, 2.24) is 0 Å². The molecule has 0 aliphatic heterocycles. The minimum absolute atomic E-state index is 0.144. The summed E-state index contributed by atoms with van der Waals surface area (Å²) in [5.74, 6) is 0. The number of aliphatic hydroxyl groups is 1. The maximum atomic E-state index is 9.27. The number of halogens is 1. The maximum absolute atomic E-state index is 9.27. The summed E-state index contributed by atoms with van der Waals surface area (Å²) in [6.45, 7) is 2.31. The third-order valence-corrected chi connectivity index (χ3v) is 4.81. The van der Waals surface area contributed by atoms with Crippen molar-refractivity contribution in [3.63, 3.8) is 0 Å². The monoisotopic (exact) mass is 318 g/mol. The maximum Gasteiger partial charge on any atom is 0.0721 e. The van der Waals surface area contributed by atoms with Crippen molar-refractivity contribution in [1.29, 1.82) is 0 Å². The predicted octanol–water partition coefficient (Wildman–Crippen LogP) is 3.56. The summed E-state index contributed by atoms with van der Waals surface area (Å²) < 4.78 is 2.55. The lowest BCUT2D eigenvalue weighted by Gasteiger charge is -1.98. The van der Waals surface area contributed by atoms with Crippen molar-refractivity contribution in [3.05, 3.63) is 32.2 Å². The van der Waals surface area contributed by atoms with Crippen LogP contribution in [0.3, 0.4) is 0 Å². The Kier molecular flexibility index (Phi) is 3.09. The molecule has 1 N–H and O–H groups in total. The zero-order chi connectivity index (χ0) is 10.1. The molecular formula is C11H11IOS. The number of hydrogen-bond acceptors (Lipinski definition) is 2. The van der Waals surface area contributed by atoms with Gasteiger partial charge in [0.2, 0.25) is 0 Å². The molecule has 0 amide bonds. The molecule has 0 atom stereocenters. The molecule has 0 aliphatic rings. The minimum atomic E-state index is 0.144. The van der Waals surface area contributed by atoms with Crippen LogP contribution in [0.4, 0.5) is 0 Å². The van der Waals surface area contributed by atoms with Gasteiger partial charge in [0.05, 0.1) is 9.49 Å². The molecule has 0 unspecified atom stereocenters. The lowest BCUT2D eigenvalue weighted by Crippen LogP contribution is -1.83. The van der Waals surface area contributed by atoms with Crippen molar-refractivity contribution in [3.8, 4) is 0 Å². The van der Waals surface area contributed by atoms with Gasteiger partial charge < -0.3 is 5.11 Å². The summed E-state index contributed by atoms with van der Waals surface area (Å²) in [5, 5.41) is 10.5. The number of benzene rings is 1. The molecule has 1 heterocycles. The lowest BCUT2D eigenvalue weighted by atomic mass is 10.1. The molecule has 74 valence electrons. The number of hydrogen-bond donors (Lipinski definition) is 1. The third-order valence-electron chi connectivity index (χ3n) is 2.39. The van der Waals surface area contributed by atoms with Crippen LogP contribution >= 0.6 is 33.9 Å². The molecule has 0 fully saturated rings. The van der Waals surface area contributed by atoms with Crippen LogP contribution in [0.25, 0.3) is 10.1 Å². The molecule has 1 nitrogen and oxygen atoms in total. The van der Waals surface area contributed by atoms with Crippen LogP contribution in [-0.2, 0) is 13.0 Å². The summed E-state index contributed by atoms with van der Waals surface area (Å²) >= 11 is 4.09.